The van der Waals surface area contributed by atoms with Crippen LogP contribution in [-0.2, 0) is 4.79 Å². The summed E-state index contributed by atoms with van der Waals surface area (Å²) in [5, 5.41) is 3.54. The van der Waals surface area contributed by atoms with Crippen LogP contribution in [0.3, 0.4) is 0 Å². The Kier molecular flexibility index (Phi) is 3.62. The van der Waals surface area contributed by atoms with E-state index in [1.165, 1.54) is 0 Å². The van der Waals surface area contributed by atoms with E-state index in [1.54, 1.807) is 12.1 Å². The van der Waals surface area contributed by atoms with Crippen molar-refractivity contribution in [3.63, 3.8) is 0 Å². The first-order valence-corrected chi connectivity index (χ1v) is 8.04. The Balaban J connectivity index is 1.44. The van der Waals surface area contributed by atoms with Crippen LogP contribution >= 0.6 is 11.6 Å². The van der Waals surface area contributed by atoms with Gasteiger partial charge >= 0.3 is 0 Å². The van der Waals surface area contributed by atoms with Gasteiger partial charge in [0.05, 0.1) is 0 Å². The third kappa shape index (κ3) is 2.99. The van der Waals surface area contributed by atoms with Crippen molar-refractivity contribution in [3.8, 4) is 11.5 Å². The molecule has 1 amide bonds. The van der Waals surface area contributed by atoms with E-state index in [-0.39, 0.29) is 17.7 Å². The quantitative estimate of drug-likeness (QED) is 0.930. The van der Waals surface area contributed by atoms with E-state index < -0.39 is 0 Å². The van der Waals surface area contributed by atoms with Crippen LogP contribution in [0.25, 0.3) is 0 Å². The van der Waals surface area contributed by atoms with Gasteiger partial charge in [-0.3, -0.25) is 4.79 Å². The Morgan fingerprint density at radius 1 is 1.09 bits per heavy atom. The maximum atomic E-state index is 12.3. The first-order chi connectivity index (χ1) is 11.2. The predicted molar refractivity (Wildman–Crippen MR) is 88.4 cm³/mol. The van der Waals surface area contributed by atoms with Gasteiger partial charge in [0.1, 0.15) is 13.2 Å². The van der Waals surface area contributed by atoms with Gasteiger partial charge in [0, 0.05) is 16.6 Å². The van der Waals surface area contributed by atoms with Gasteiger partial charge in [-0.15, -0.1) is 0 Å². The van der Waals surface area contributed by atoms with Gasteiger partial charge in [-0.25, -0.2) is 0 Å². The number of fused-ring (bicyclic) bond motifs is 1. The van der Waals surface area contributed by atoms with Crippen LogP contribution < -0.4 is 14.8 Å². The highest BCUT2D eigenvalue weighted by atomic mass is 35.5. The third-order valence-electron chi connectivity index (χ3n) is 4.21. The van der Waals surface area contributed by atoms with E-state index in [9.17, 15) is 4.79 Å². The zero-order chi connectivity index (χ0) is 15.8. The molecule has 0 bridgehead atoms. The molecule has 4 rings (SSSR count). The molecule has 0 saturated heterocycles. The maximum Gasteiger partial charge on any atom is 0.228 e. The Morgan fingerprint density at radius 3 is 2.74 bits per heavy atom. The highest BCUT2D eigenvalue weighted by Crippen LogP contribution is 2.49. The standard InChI is InChI=1S/C18H16ClNO3/c19-12-2-1-3-13(9-12)20-18(21)15-10-14(15)11-4-5-16-17(8-11)23-7-6-22-16/h1-5,8-9,14-15H,6-7,10H2,(H,20,21)/t14-,15+/m1/s1. The number of carbonyl (C=O) groups excluding carboxylic acids is 1. The molecular weight excluding hydrogens is 314 g/mol. The molecule has 118 valence electrons. The van der Waals surface area contributed by atoms with E-state index in [0.29, 0.717) is 18.2 Å². The zero-order valence-electron chi connectivity index (χ0n) is 12.4. The zero-order valence-corrected chi connectivity index (χ0v) is 13.2. The molecule has 2 aromatic carbocycles. The normalized spacial score (nSPS) is 21.6. The summed E-state index contributed by atoms with van der Waals surface area (Å²) >= 11 is 5.94. The summed E-state index contributed by atoms with van der Waals surface area (Å²) < 4.78 is 11.1. The molecule has 5 heteroatoms. The smallest absolute Gasteiger partial charge is 0.228 e. The minimum atomic E-state index is -0.00320. The number of nitrogens with one attached hydrogen (secondary N) is 1. The van der Waals surface area contributed by atoms with E-state index in [2.05, 4.69) is 5.32 Å². The molecule has 0 aromatic heterocycles. The molecular formula is C18H16ClNO3. The second-order valence-corrected chi connectivity index (χ2v) is 6.29. The molecule has 1 fully saturated rings. The molecule has 1 heterocycles. The fourth-order valence-electron chi connectivity index (χ4n) is 2.94. The monoisotopic (exact) mass is 329 g/mol. The summed E-state index contributed by atoms with van der Waals surface area (Å²) in [7, 11) is 0. The van der Waals surface area contributed by atoms with Crippen molar-refractivity contribution in [2.24, 2.45) is 5.92 Å². The van der Waals surface area contributed by atoms with Crippen LogP contribution in [0.5, 0.6) is 11.5 Å². The molecule has 1 saturated carbocycles. The van der Waals surface area contributed by atoms with E-state index in [1.807, 2.05) is 30.3 Å². The predicted octanol–water partition coefficient (Wildman–Crippen LogP) is 3.85. The number of hydrogen-bond donors (Lipinski definition) is 1. The largest absolute Gasteiger partial charge is 0.486 e. The number of carbonyl (C=O) groups is 1. The fraction of sp³-hybridized carbons (Fsp3) is 0.278. The van der Waals surface area contributed by atoms with Gasteiger partial charge in [0.15, 0.2) is 11.5 Å². The number of amides is 1. The summed E-state index contributed by atoms with van der Waals surface area (Å²) in [4.78, 5) is 12.3. The van der Waals surface area contributed by atoms with Crippen LogP contribution in [0.4, 0.5) is 5.69 Å². The lowest BCUT2D eigenvalue weighted by atomic mass is 10.1. The molecule has 1 N–H and O–H groups in total. The van der Waals surface area contributed by atoms with Gasteiger partial charge < -0.3 is 14.8 Å². The number of benzene rings is 2. The Labute approximate surface area is 139 Å². The van der Waals surface area contributed by atoms with Crippen molar-refractivity contribution in [1.29, 1.82) is 0 Å². The lowest BCUT2D eigenvalue weighted by molar-refractivity contribution is -0.117. The van der Waals surface area contributed by atoms with Crippen molar-refractivity contribution in [2.45, 2.75) is 12.3 Å². The average Bonchev–Trinajstić information content (AvgIpc) is 3.35. The number of rotatable bonds is 3. The highest BCUT2D eigenvalue weighted by Gasteiger charge is 2.44. The van der Waals surface area contributed by atoms with Crippen molar-refractivity contribution < 1.29 is 14.3 Å². The first-order valence-electron chi connectivity index (χ1n) is 7.67. The van der Waals surface area contributed by atoms with Gasteiger partial charge in [-0.1, -0.05) is 23.7 Å². The highest BCUT2D eigenvalue weighted by molar-refractivity contribution is 6.30. The van der Waals surface area contributed by atoms with Gasteiger partial charge in [-0.2, -0.15) is 0 Å². The summed E-state index contributed by atoms with van der Waals surface area (Å²) in [5.41, 5.74) is 1.86. The van der Waals surface area contributed by atoms with Crippen molar-refractivity contribution in [3.05, 3.63) is 53.1 Å². The minimum absolute atomic E-state index is 0.00320. The molecule has 0 radical (unpaired) electrons. The molecule has 0 spiro atoms. The van der Waals surface area contributed by atoms with Crippen molar-refractivity contribution >= 4 is 23.2 Å². The summed E-state index contributed by atoms with van der Waals surface area (Å²) in [6.45, 7) is 1.15. The molecule has 2 atom stereocenters. The summed E-state index contributed by atoms with van der Waals surface area (Å²) in [6.07, 6.45) is 0.853. The maximum absolute atomic E-state index is 12.3. The number of hydrogen-bond acceptors (Lipinski definition) is 3. The lowest BCUT2D eigenvalue weighted by Gasteiger charge is -2.18. The molecule has 2 aromatic rings. The second-order valence-electron chi connectivity index (χ2n) is 5.85. The lowest BCUT2D eigenvalue weighted by Crippen LogP contribution is -2.16. The summed E-state index contributed by atoms with van der Waals surface area (Å²) in [5.74, 6) is 1.82. The van der Waals surface area contributed by atoms with E-state index in [0.717, 1.165) is 29.2 Å². The first kappa shape index (κ1) is 14.4. The number of halogens is 1. The minimum Gasteiger partial charge on any atom is -0.486 e. The molecule has 1 aliphatic carbocycles. The van der Waals surface area contributed by atoms with E-state index >= 15 is 0 Å². The summed E-state index contributed by atoms with van der Waals surface area (Å²) in [6, 6.07) is 13.1. The van der Waals surface area contributed by atoms with Crippen LogP contribution in [0.15, 0.2) is 42.5 Å². The molecule has 1 aliphatic heterocycles. The molecule has 0 unspecified atom stereocenters. The Hall–Kier alpha value is -2.20. The van der Waals surface area contributed by atoms with Gasteiger partial charge in [0.2, 0.25) is 5.91 Å². The molecule has 23 heavy (non-hydrogen) atoms. The molecule has 4 nitrogen and oxygen atoms in total. The topological polar surface area (TPSA) is 47.6 Å². The second kappa shape index (κ2) is 5.78. The number of anilines is 1. The molecule has 2 aliphatic rings. The third-order valence-corrected chi connectivity index (χ3v) is 4.45. The number of ether oxygens (including phenoxy) is 2. The SMILES string of the molecule is O=C(Nc1cccc(Cl)c1)[C@H]1C[C@@H]1c1ccc2c(c1)OCCO2. The van der Waals surface area contributed by atoms with Crippen LogP contribution in [0.2, 0.25) is 5.02 Å². The average molecular weight is 330 g/mol. The van der Waals surface area contributed by atoms with Crippen LogP contribution in [0.1, 0.15) is 17.9 Å². The van der Waals surface area contributed by atoms with Gasteiger partial charge in [-0.05, 0) is 48.2 Å². The van der Waals surface area contributed by atoms with Crippen LogP contribution in [-0.4, -0.2) is 19.1 Å². The Bertz CT molecular complexity index is 762. The van der Waals surface area contributed by atoms with E-state index in [4.69, 9.17) is 21.1 Å². The Morgan fingerprint density at radius 2 is 1.91 bits per heavy atom. The van der Waals surface area contributed by atoms with Crippen molar-refractivity contribution in [2.75, 3.05) is 18.5 Å². The van der Waals surface area contributed by atoms with Crippen molar-refractivity contribution in [1.82, 2.24) is 0 Å². The van der Waals surface area contributed by atoms with Gasteiger partial charge in [0.25, 0.3) is 0 Å². The van der Waals surface area contributed by atoms with Crippen LogP contribution in [0, 0.1) is 5.92 Å². The fourth-order valence-corrected chi connectivity index (χ4v) is 3.14.